The summed E-state index contributed by atoms with van der Waals surface area (Å²) in [5, 5.41) is 2.72. The number of amides is 2. The van der Waals surface area contributed by atoms with E-state index in [-0.39, 0.29) is 17.4 Å². The maximum absolute atomic E-state index is 11.9. The van der Waals surface area contributed by atoms with Crippen LogP contribution in [0.5, 0.6) is 0 Å². The largest absolute Gasteiger partial charge is 0.347 e. The van der Waals surface area contributed by atoms with Crippen LogP contribution in [0.1, 0.15) is 45.4 Å². The molecule has 2 amide bonds. The Morgan fingerprint density at radius 3 is 2.33 bits per heavy atom. The predicted octanol–water partition coefficient (Wildman–Crippen LogP) is 0.631. The van der Waals surface area contributed by atoms with E-state index in [4.69, 9.17) is 5.73 Å². The van der Waals surface area contributed by atoms with Gasteiger partial charge in [0.2, 0.25) is 11.8 Å². The third-order valence-corrected chi connectivity index (χ3v) is 3.55. The molecule has 5 heteroatoms. The van der Waals surface area contributed by atoms with Crippen molar-refractivity contribution in [3.8, 4) is 0 Å². The first kappa shape index (κ1) is 15.0. The van der Waals surface area contributed by atoms with E-state index in [0.29, 0.717) is 6.42 Å². The molecule has 0 spiro atoms. The van der Waals surface area contributed by atoms with Crippen LogP contribution >= 0.6 is 0 Å². The lowest BCUT2D eigenvalue weighted by atomic mass is 9.80. The molecule has 0 heterocycles. The summed E-state index contributed by atoms with van der Waals surface area (Å²) in [6.07, 6.45) is 5.51. The zero-order valence-electron chi connectivity index (χ0n) is 11.7. The molecule has 1 atom stereocenters. The maximum Gasteiger partial charge on any atom is 0.244 e. The van der Waals surface area contributed by atoms with Crippen LogP contribution < -0.4 is 11.1 Å². The number of carbonyl (C=O) groups is 2. The SMILES string of the molecule is CC(NC(=O)CC1(N)CCCCC1)C(=O)N(C)C. The molecule has 0 radical (unpaired) electrons. The summed E-state index contributed by atoms with van der Waals surface area (Å²) in [6, 6.07) is -0.486. The van der Waals surface area contributed by atoms with Gasteiger partial charge in [0, 0.05) is 26.1 Å². The van der Waals surface area contributed by atoms with E-state index in [1.165, 1.54) is 11.3 Å². The Balaban J connectivity index is 2.43. The van der Waals surface area contributed by atoms with Crippen molar-refractivity contribution in [1.29, 1.82) is 0 Å². The molecule has 1 aliphatic carbocycles. The summed E-state index contributed by atoms with van der Waals surface area (Å²) in [5.74, 6) is -0.222. The highest BCUT2D eigenvalue weighted by Crippen LogP contribution is 2.28. The van der Waals surface area contributed by atoms with Crippen molar-refractivity contribution in [2.45, 2.75) is 57.0 Å². The smallest absolute Gasteiger partial charge is 0.244 e. The number of nitrogens with two attached hydrogens (primary N) is 1. The van der Waals surface area contributed by atoms with Crippen molar-refractivity contribution in [2.24, 2.45) is 5.73 Å². The Morgan fingerprint density at radius 2 is 1.83 bits per heavy atom. The fraction of sp³-hybridized carbons (Fsp3) is 0.846. The van der Waals surface area contributed by atoms with Gasteiger partial charge in [-0.05, 0) is 19.8 Å². The Labute approximate surface area is 109 Å². The molecule has 0 aromatic carbocycles. The van der Waals surface area contributed by atoms with Crippen LogP contribution in [0.25, 0.3) is 0 Å². The van der Waals surface area contributed by atoms with Crippen molar-refractivity contribution in [3.63, 3.8) is 0 Å². The number of nitrogens with zero attached hydrogens (tertiary/aromatic N) is 1. The van der Waals surface area contributed by atoms with Crippen molar-refractivity contribution in [1.82, 2.24) is 10.2 Å². The van der Waals surface area contributed by atoms with Gasteiger partial charge >= 0.3 is 0 Å². The van der Waals surface area contributed by atoms with Crippen LogP contribution in [0.3, 0.4) is 0 Å². The number of nitrogens with one attached hydrogen (secondary N) is 1. The van der Waals surface area contributed by atoms with Crippen molar-refractivity contribution in [3.05, 3.63) is 0 Å². The number of rotatable bonds is 4. The fourth-order valence-electron chi connectivity index (χ4n) is 2.49. The Hall–Kier alpha value is -1.10. The third kappa shape index (κ3) is 4.29. The lowest BCUT2D eigenvalue weighted by molar-refractivity contribution is -0.134. The lowest BCUT2D eigenvalue weighted by Gasteiger charge is -2.33. The standard InChI is InChI=1S/C13H25N3O2/c1-10(12(18)16(2)3)15-11(17)9-13(14)7-5-4-6-8-13/h10H,4-9,14H2,1-3H3,(H,15,17). The summed E-state index contributed by atoms with van der Waals surface area (Å²) < 4.78 is 0. The highest BCUT2D eigenvalue weighted by molar-refractivity contribution is 5.87. The minimum Gasteiger partial charge on any atom is -0.347 e. The minimum absolute atomic E-state index is 0.0990. The number of likely N-dealkylation sites (N-methyl/N-ethyl adjacent to an activating group) is 1. The number of hydrogen-bond donors (Lipinski definition) is 2. The van der Waals surface area contributed by atoms with Crippen molar-refractivity contribution >= 4 is 11.8 Å². The van der Waals surface area contributed by atoms with Crippen LogP contribution in [0.2, 0.25) is 0 Å². The Bertz CT molecular complexity index is 309. The van der Waals surface area contributed by atoms with Gasteiger partial charge in [0.1, 0.15) is 6.04 Å². The zero-order chi connectivity index (χ0) is 13.8. The molecule has 0 bridgehead atoms. The Morgan fingerprint density at radius 1 is 1.28 bits per heavy atom. The van der Waals surface area contributed by atoms with Crippen LogP contribution in [0.15, 0.2) is 0 Å². The van der Waals surface area contributed by atoms with Gasteiger partial charge in [0.25, 0.3) is 0 Å². The molecule has 1 saturated carbocycles. The predicted molar refractivity (Wildman–Crippen MR) is 70.9 cm³/mol. The summed E-state index contributed by atoms with van der Waals surface area (Å²) in [6.45, 7) is 1.70. The minimum atomic E-state index is -0.486. The van der Waals surface area contributed by atoms with E-state index in [2.05, 4.69) is 5.32 Å². The molecule has 104 valence electrons. The molecule has 3 N–H and O–H groups in total. The molecule has 18 heavy (non-hydrogen) atoms. The monoisotopic (exact) mass is 255 g/mol. The van der Waals surface area contributed by atoms with E-state index in [1.807, 2.05) is 0 Å². The Kier molecular flexibility index (Phi) is 5.14. The topological polar surface area (TPSA) is 75.4 Å². The second kappa shape index (κ2) is 6.18. The van der Waals surface area contributed by atoms with Crippen LogP contribution in [-0.2, 0) is 9.59 Å². The van der Waals surface area contributed by atoms with E-state index in [9.17, 15) is 9.59 Å². The molecule has 0 aromatic rings. The zero-order valence-corrected chi connectivity index (χ0v) is 11.7. The normalized spacial score (nSPS) is 20.0. The highest BCUT2D eigenvalue weighted by Gasteiger charge is 2.30. The van der Waals surface area contributed by atoms with E-state index < -0.39 is 6.04 Å². The summed E-state index contributed by atoms with van der Waals surface area (Å²) >= 11 is 0. The molecule has 1 aliphatic rings. The van der Waals surface area contributed by atoms with Gasteiger partial charge in [-0.15, -0.1) is 0 Å². The van der Waals surface area contributed by atoms with Crippen LogP contribution in [0.4, 0.5) is 0 Å². The maximum atomic E-state index is 11.9. The quantitative estimate of drug-likeness (QED) is 0.773. The van der Waals surface area contributed by atoms with Gasteiger partial charge in [0.05, 0.1) is 0 Å². The molecular formula is C13H25N3O2. The van der Waals surface area contributed by atoms with E-state index in [1.54, 1.807) is 21.0 Å². The molecule has 0 saturated heterocycles. The average molecular weight is 255 g/mol. The second-order valence-electron chi connectivity index (χ2n) is 5.62. The number of hydrogen-bond acceptors (Lipinski definition) is 3. The highest BCUT2D eigenvalue weighted by atomic mass is 16.2. The van der Waals surface area contributed by atoms with Gasteiger partial charge in [-0.25, -0.2) is 0 Å². The molecule has 1 unspecified atom stereocenters. The van der Waals surface area contributed by atoms with E-state index >= 15 is 0 Å². The van der Waals surface area contributed by atoms with Crippen molar-refractivity contribution in [2.75, 3.05) is 14.1 Å². The number of carbonyl (C=O) groups excluding carboxylic acids is 2. The third-order valence-electron chi connectivity index (χ3n) is 3.55. The molecule has 0 aliphatic heterocycles. The first-order valence-electron chi connectivity index (χ1n) is 6.63. The van der Waals surface area contributed by atoms with Gasteiger partial charge in [-0.3, -0.25) is 9.59 Å². The molecule has 1 rings (SSSR count). The molecule has 0 aromatic heterocycles. The molecule has 5 nitrogen and oxygen atoms in total. The molecule has 1 fully saturated rings. The van der Waals surface area contributed by atoms with Gasteiger partial charge < -0.3 is 16.0 Å². The lowest BCUT2D eigenvalue weighted by Crippen LogP contribution is -2.50. The summed E-state index contributed by atoms with van der Waals surface area (Å²) in [5.41, 5.74) is 5.84. The fourth-order valence-corrected chi connectivity index (χ4v) is 2.49. The molecular weight excluding hydrogens is 230 g/mol. The van der Waals surface area contributed by atoms with Crippen LogP contribution in [0, 0.1) is 0 Å². The van der Waals surface area contributed by atoms with Gasteiger partial charge in [0.15, 0.2) is 0 Å². The van der Waals surface area contributed by atoms with E-state index in [0.717, 1.165) is 25.7 Å². The van der Waals surface area contributed by atoms with Crippen molar-refractivity contribution < 1.29 is 9.59 Å². The first-order chi connectivity index (χ1) is 8.34. The van der Waals surface area contributed by atoms with Gasteiger partial charge in [-0.2, -0.15) is 0 Å². The van der Waals surface area contributed by atoms with Crippen LogP contribution in [-0.4, -0.2) is 42.4 Å². The summed E-state index contributed by atoms with van der Waals surface area (Å²) in [4.78, 5) is 25.0. The van der Waals surface area contributed by atoms with Gasteiger partial charge in [-0.1, -0.05) is 19.3 Å². The first-order valence-corrected chi connectivity index (χ1v) is 6.63. The second-order valence-corrected chi connectivity index (χ2v) is 5.62. The average Bonchev–Trinajstić information content (AvgIpc) is 2.27. The summed E-state index contributed by atoms with van der Waals surface area (Å²) in [7, 11) is 3.35.